The van der Waals surface area contributed by atoms with Crippen LogP contribution in [-0.2, 0) is 4.79 Å². The van der Waals surface area contributed by atoms with Crippen LogP contribution in [0.25, 0.3) is 0 Å². The Morgan fingerprint density at radius 3 is 2.68 bits per heavy atom. The zero-order valence-electron chi connectivity index (χ0n) is 12.9. The maximum absolute atomic E-state index is 11.9. The van der Waals surface area contributed by atoms with Gasteiger partial charge in [0.25, 0.3) is 0 Å². The molecule has 4 atom stereocenters. The van der Waals surface area contributed by atoms with Crippen molar-refractivity contribution in [3.8, 4) is 0 Å². The van der Waals surface area contributed by atoms with Crippen molar-refractivity contribution in [3.05, 3.63) is 0 Å². The molecule has 2 rings (SSSR count). The molecule has 2 fully saturated rings. The van der Waals surface area contributed by atoms with E-state index in [1.165, 1.54) is 0 Å². The van der Waals surface area contributed by atoms with Crippen molar-refractivity contribution in [2.24, 2.45) is 11.1 Å². The fraction of sp³-hybridized carbons (Fsp3) is 0.923. The normalized spacial score (nSPS) is 34.4. The smallest absolute Gasteiger partial charge is 0.451 e. The molecule has 2 heterocycles. The molecule has 126 valence electrons. The van der Waals surface area contributed by atoms with Crippen LogP contribution >= 0.6 is 0 Å². The number of carboxylic acid groups (broad SMARTS) is 1. The zero-order valence-corrected chi connectivity index (χ0v) is 12.9. The molecule has 1 unspecified atom stereocenters. The lowest BCUT2D eigenvalue weighted by Crippen LogP contribution is -2.58. The van der Waals surface area contributed by atoms with Gasteiger partial charge in [0.05, 0.1) is 0 Å². The first-order chi connectivity index (χ1) is 10.2. The van der Waals surface area contributed by atoms with Crippen LogP contribution in [0.1, 0.15) is 26.2 Å². The minimum Gasteiger partial charge on any atom is -0.480 e. The number of fused-ring (bicyclic) bond motifs is 1. The first-order valence-electron chi connectivity index (χ1n) is 7.76. The molecular formula is C13H26BN3O5. The topological polar surface area (TPSA) is 139 Å². The molecule has 0 bridgehead atoms. The van der Waals surface area contributed by atoms with Crippen LogP contribution in [0.5, 0.6) is 0 Å². The van der Waals surface area contributed by atoms with Crippen LogP contribution in [-0.4, -0.2) is 75.7 Å². The van der Waals surface area contributed by atoms with Crippen LogP contribution in [0, 0.1) is 5.41 Å². The standard InChI is InChI=1S/C13H26BN3O5/c1-9(15)10(18)17-7-12(3-2-5-14(21)22)4-6-16-13(12,8-17)11(19)20/h9-10,16,18,21-22H,2-8,15H2,1H3,(H,19,20)/t9-,10?,12+,13+/m0/s1. The summed E-state index contributed by atoms with van der Waals surface area (Å²) in [5.41, 5.74) is 4.11. The molecule has 2 aliphatic heterocycles. The van der Waals surface area contributed by atoms with Gasteiger partial charge >= 0.3 is 13.1 Å². The van der Waals surface area contributed by atoms with E-state index in [-0.39, 0.29) is 12.9 Å². The second-order valence-corrected chi connectivity index (χ2v) is 6.72. The van der Waals surface area contributed by atoms with Crippen LogP contribution in [0.2, 0.25) is 6.32 Å². The molecule has 22 heavy (non-hydrogen) atoms. The number of aliphatic carboxylic acids is 1. The molecule has 0 aromatic heterocycles. The lowest BCUT2D eigenvalue weighted by molar-refractivity contribution is -0.147. The quantitative estimate of drug-likeness (QED) is 0.297. The van der Waals surface area contributed by atoms with Gasteiger partial charge in [-0.3, -0.25) is 9.69 Å². The number of hydrogen-bond acceptors (Lipinski definition) is 7. The van der Waals surface area contributed by atoms with Crippen molar-refractivity contribution in [3.63, 3.8) is 0 Å². The highest BCUT2D eigenvalue weighted by Gasteiger charge is 2.65. The van der Waals surface area contributed by atoms with Gasteiger partial charge in [0.1, 0.15) is 11.8 Å². The van der Waals surface area contributed by atoms with Crippen molar-refractivity contribution in [1.82, 2.24) is 10.2 Å². The Hall–Kier alpha value is -0.705. The van der Waals surface area contributed by atoms with Gasteiger partial charge in [-0.2, -0.15) is 0 Å². The fourth-order valence-corrected chi connectivity index (χ4v) is 4.03. The summed E-state index contributed by atoms with van der Waals surface area (Å²) in [6.07, 6.45) is 1.10. The Morgan fingerprint density at radius 2 is 2.14 bits per heavy atom. The van der Waals surface area contributed by atoms with Crippen molar-refractivity contribution >= 4 is 13.1 Å². The molecule has 0 radical (unpaired) electrons. The Balaban J connectivity index is 2.21. The molecule has 2 saturated heterocycles. The number of nitrogens with two attached hydrogens (primary N) is 1. The van der Waals surface area contributed by atoms with Gasteiger partial charge in [-0.15, -0.1) is 0 Å². The molecule has 0 spiro atoms. The Bertz CT molecular complexity index is 424. The Labute approximate surface area is 130 Å². The molecule has 8 nitrogen and oxygen atoms in total. The van der Waals surface area contributed by atoms with Crippen LogP contribution in [0.3, 0.4) is 0 Å². The van der Waals surface area contributed by atoms with E-state index in [0.717, 1.165) is 0 Å². The van der Waals surface area contributed by atoms with Crippen LogP contribution in [0.4, 0.5) is 0 Å². The number of hydrogen-bond donors (Lipinski definition) is 6. The molecule has 2 aliphatic rings. The number of carboxylic acids is 1. The van der Waals surface area contributed by atoms with E-state index in [0.29, 0.717) is 32.4 Å². The Morgan fingerprint density at radius 1 is 1.45 bits per heavy atom. The SMILES string of the molecule is C[C@H](N)C(O)N1C[C@@]2(CCCB(O)O)CCN[C@@]2(C(=O)O)C1. The molecule has 9 heteroatoms. The predicted molar refractivity (Wildman–Crippen MR) is 80.9 cm³/mol. The zero-order chi connectivity index (χ0) is 16.5. The molecule has 0 aromatic carbocycles. The van der Waals surface area contributed by atoms with Crippen LogP contribution in [0.15, 0.2) is 0 Å². The van der Waals surface area contributed by atoms with Gasteiger partial charge < -0.3 is 31.3 Å². The average Bonchev–Trinajstić information content (AvgIpc) is 2.90. The highest BCUT2D eigenvalue weighted by atomic mass is 16.4. The largest absolute Gasteiger partial charge is 0.480 e. The summed E-state index contributed by atoms with van der Waals surface area (Å²) in [4.78, 5) is 13.7. The number of carbonyl (C=O) groups is 1. The first-order valence-corrected chi connectivity index (χ1v) is 7.76. The minimum atomic E-state index is -1.38. The highest BCUT2D eigenvalue weighted by molar-refractivity contribution is 6.40. The second kappa shape index (κ2) is 6.42. The summed E-state index contributed by atoms with van der Waals surface area (Å²) in [7, 11) is -1.38. The van der Waals surface area contributed by atoms with Gasteiger partial charge in [0.2, 0.25) is 0 Å². The molecular weight excluding hydrogens is 289 g/mol. The average molecular weight is 315 g/mol. The molecule has 0 aromatic rings. The lowest BCUT2D eigenvalue weighted by Gasteiger charge is -2.35. The van der Waals surface area contributed by atoms with E-state index < -0.39 is 36.3 Å². The maximum Gasteiger partial charge on any atom is 0.451 e. The third kappa shape index (κ3) is 2.89. The van der Waals surface area contributed by atoms with Crippen molar-refractivity contribution in [1.29, 1.82) is 0 Å². The van der Waals surface area contributed by atoms with Crippen molar-refractivity contribution < 1.29 is 25.1 Å². The second-order valence-electron chi connectivity index (χ2n) is 6.72. The van der Waals surface area contributed by atoms with E-state index in [2.05, 4.69) is 5.32 Å². The molecule has 0 saturated carbocycles. The number of rotatable bonds is 7. The number of likely N-dealkylation sites (tertiary alicyclic amines) is 1. The first kappa shape index (κ1) is 17.6. The predicted octanol–water partition coefficient (Wildman–Crippen LogP) is -1.98. The lowest BCUT2D eigenvalue weighted by atomic mass is 9.68. The summed E-state index contributed by atoms with van der Waals surface area (Å²) >= 11 is 0. The van der Waals surface area contributed by atoms with Gasteiger partial charge in [0, 0.05) is 24.5 Å². The third-order valence-corrected chi connectivity index (χ3v) is 5.21. The molecule has 7 N–H and O–H groups in total. The number of aliphatic hydroxyl groups excluding tert-OH is 1. The van der Waals surface area contributed by atoms with Crippen molar-refractivity contribution in [2.45, 2.75) is 50.3 Å². The summed E-state index contributed by atoms with van der Waals surface area (Å²) in [5, 5.41) is 41.1. The van der Waals surface area contributed by atoms with E-state index in [4.69, 9.17) is 15.8 Å². The maximum atomic E-state index is 11.9. The van der Waals surface area contributed by atoms with Crippen molar-refractivity contribution in [2.75, 3.05) is 19.6 Å². The van der Waals surface area contributed by atoms with E-state index >= 15 is 0 Å². The minimum absolute atomic E-state index is 0.201. The van der Waals surface area contributed by atoms with Gasteiger partial charge in [0.15, 0.2) is 0 Å². The van der Waals surface area contributed by atoms with E-state index in [1.54, 1.807) is 11.8 Å². The number of nitrogens with zero attached hydrogens (tertiary/aromatic N) is 1. The summed E-state index contributed by atoms with van der Waals surface area (Å²) < 4.78 is 0. The number of nitrogens with one attached hydrogen (secondary N) is 1. The van der Waals surface area contributed by atoms with E-state index in [9.17, 15) is 15.0 Å². The monoisotopic (exact) mass is 315 g/mol. The van der Waals surface area contributed by atoms with Gasteiger partial charge in [-0.25, -0.2) is 0 Å². The van der Waals surface area contributed by atoms with Crippen LogP contribution < -0.4 is 11.1 Å². The molecule has 0 aliphatic carbocycles. The number of aliphatic hydroxyl groups is 1. The fourth-order valence-electron chi connectivity index (χ4n) is 4.03. The highest BCUT2D eigenvalue weighted by Crippen LogP contribution is 2.50. The Kier molecular flexibility index (Phi) is 5.15. The summed E-state index contributed by atoms with van der Waals surface area (Å²) in [6.45, 7) is 2.94. The van der Waals surface area contributed by atoms with Gasteiger partial charge in [-0.05, 0) is 32.6 Å². The third-order valence-electron chi connectivity index (χ3n) is 5.21. The summed E-state index contributed by atoms with van der Waals surface area (Å²) in [5.74, 6) is -0.922. The van der Waals surface area contributed by atoms with Gasteiger partial charge in [-0.1, -0.05) is 6.42 Å². The van der Waals surface area contributed by atoms with E-state index in [1.807, 2.05) is 0 Å². The summed E-state index contributed by atoms with van der Waals surface area (Å²) in [6, 6.07) is -0.471. The molecule has 0 amide bonds.